The lowest BCUT2D eigenvalue weighted by molar-refractivity contribution is -0.137. The van der Waals surface area contributed by atoms with Crippen molar-refractivity contribution in [1.82, 2.24) is 10.2 Å². The molecule has 1 aliphatic heterocycles. The Balaban J connectivity index is 1.40. The second kappa shape index (κ2) is 6.93. The first-order valence-corrected chi connectivity index (χ1v) is 8.85. The van der Waals surface area contributed by atoms with Crippen LogP contribution in [0.15, 0.2) is 0 Å². The lowest BCUT2D eigenvalue weighted by atomic mass is 9.96. The molecule has 1 amide bonds. The Hall–Kier alpha value is -0.570. The predicted octanol–water partition coefficient (Wildman–Crippen LogP) is 2.95. The van der Waals surface area contributed by atoms with E-state index in [9.17, 15) is 4.79 Å². The van der Waals surface area contributed by atoms with Crippen molar-refractivity contribution in [1.29, 1.82) is 0 Å². The third kappa shape index (κ3) is 3.97. The van der Waals surface area contributed by atoms with Gasteiger partial charge in [-0.15, -0.1) is 0 Å². The molecular weight excluding hydrogens is 248 g/mol. The number of hydrogen-bond donors (Lipinski definition) is 1. The molecule has 2 aliphatic carbocycles. The lowest BCUT2D eigenvalue weighted by Crippen LogP contribution is -2.47. The van der Waals surface area contributed by atoms with Gasteiger partial charge in [0.1, 0.15) is 0 Å². The van der Waals surface area contributed by atoms with Crippen molar-refractivity contribution in [3.05, 3.63) is 0 Å². The van der Waals surface area contributed by atoms with E-state index in [0.717, 1.165) is 44.7 Å². The van der Waals surface area contributed by atoms with Gasteiger partial charge in [0.25, 0.3) is 0 Å². The van der Waals surface area contributed by atoms with Crippen LogP contribution in [-0.2, 0) is 4.79 Å². The van der Waals surface area contributed by atoms with Crippen molar-refractivity contribution in [2.24, 2.45) is 11.8 Å². The Morgan fingerprint density at radius 3 is 2.15 bits per heavy atom. The van der Waals surface area contributed by atoms with Crippen LogP contribution in [-0.4, -0.2) is 36.5 Å². The van der Waals surface area contributed by atoms with Crippen LogP contribution in [0.3, 0.4) is 0 Å². The highest BCUT2D eigenvalue weighted by Gasteiger charge is 2.29. The van der Waals surface area contributed by atoms with Crippen LogP contribution in [0.5, 0.6) is 0 Å². The van der Waals surface area contributed by atoms with Gasteiger partial charge in [0, 0.05) is 25.0 Å². The van der Waals surface area contributed by atoms with E-state index >= 15 is 0 Å². The molecule has 0 radical (unpaired) electrons. The summed E-state index contributed by atoms with van der Waals surface area (Å²) in [6.45, 7) is 3.18. The standard InChI is InChI=1S/C17H30N2O/c20-17(15-5-3-1-2-4-6-15)19-11-9-16(10-12-19)18-13-14-7-8-14/h14-16,18H,1-13H2. The Labute approximate surface area is 123 Å². The summed E-state index contributed by atoms with van der Waals surface area (Å²) in [6.07, 6.45) is 12.6. The molecule has 0 bridgehead atoms. The smallest absolute Gasteiger partial charge is 0.225 e. The van der Waals surface area contributed by atoms with Gasteiger partial charge in [-0.2, -0.15) is 0 Å². The summed E-state index contributed by atoms with van der Waals surface area (Å²) in [6, 6.07) is 0.661. The monoisotopic (exact) mass is 278 g/mol. The zero-order valence-corrected chi connectivity index (χ0v) is 12.8. The number of hydrogen-bond acceptors (Lipinski definition) is 2. The van der Waals surface area contributed by atoms with Crippen molar-refractivity contribution >= 4 is 5.91 Å². The Morgan fingerprint density at radius 2 is 1.55 bits per heavy atom. The minimum Gasteiger partial charge on any atom is -0.342 e. The molecule has 0 aromatic heterocycles. The van der Waals surface area contributed by atoms with E-state index in [1.54, 1.807) is 0 Å². The molecule has 20 heavy (non-hydrogen) atoms. The van der Waals surface area contributed by atoms with Gasteiger partial charge in [-0.3, -0.25) is 4.79 Å². The summed E-state index contributed by atoms with van der Waals surface area (Å²) in [5.41, 5.74) is 0. The molecule has 0 spiro atoms. The highest BCUT2D eigenvalue weighted by Crippen LogP contribution is 2.28. The van der Waals surface area contributed by atoms with Crippen LogP contribution in [0.25, 0.3) is 0 Å². The average Bonchev–Trinajstić information content (AvgIpc) is 3.31. The molecule has 1 N–H and O–H groups in total. The van der Waals surface area contributed by atoms with Gasteiger partial charge in [0.2, 0.25) is 5.91 Å². The molecule has 0 atom stereocenters. The van der Waals surface area contributed by atoms with Gasteiger partial charge in [-0.1, -0.05) is 25.7 Å². The number of likely N-dealkylation sites (tertiary alicyclic amines) is 1. The van der Waals surface area contributed by atoms with Crippen molar-refractivity contribution in [3.63, 3.8) is 0 Å². The van der Waals surface area contributed by atoms with E-state index in [0.29, 0.717) is 17.9 Å². The molecule has 0 aromatic carbocycles. The van der Waals surface area contributed by atoms with Crippen molar-refractivity contribution in [2.45, 2.75) is 70.3 Å². The second-order valence-electron chi connectivity index (χ2n) is 7.14. The molecule has 3 heteroatoms. The molecule has 3 aliphatic rings. The second-order valence-corrected chi connectivity index (χ2v) is 7.14. The Bertz CT molecular complexity index is 311. The van der Waals surface area contributed by atoms with Crippen LogP contribution >= 0.6 is 0 Å². The summed E-state index contributed by atoms with van der Waals surface area (Å²) in [7, 11) is 0. The van der Waals surface area contributed by atoms with E-state index < -0.39 is 0 Å². The van der Waals surface area contributed by atoms with Crippen LogP contribution in [0, 0.1) is 11.8 Å². The van der Waals surface area contributed by atoms with Gasteiger partial charge < -0.3 is 10.2 Å². The summed E-state index contributed by atoms with van der Waals surface area (Å²) < 4.78 is 0. The van der Waals surface area contributed by atoms with Crippen LogP contribution in [0.4, 0.5) is 0 Å². The first-order valence-electron chi connectivity index (χ1n) is 8.85. The fourth-order valence-corrected chi connectivity index (χ4v) is 3.74. The van der Waals surface area contributed by atoms with Gasteiger partial charge in [-0.05, 0) is 51.0 Å². The number of rotatable bonds is 4. The maximum Gasteiger partial charge on any atom is 0.225 e. The molecule has 1 saturated heterocycles. The maximum atomic E-state index is 12.6. The molecule has 1 heterocycles. The predicted molar refractivity (Wildman–Crippen MR) is 81.5 cm³/mol. The van der Waals surface area contributed by atoms with Gasteiger partial charge >= 0.3 is 0 Å². The number of carbonyl (C=O) groups excluding carboxylic acids is 1. The SMILES string of the molecule is O=C(C1CCCCCC1)N1CCC(NCC2CC2)CC1. The van der Waals surface area contributed by atoms with Crippen molar-refractivity contribution < 1.29 is 4.79 Å². The number of nitrogens with one attached hydrogen (secondary N) is 1. The van der Waals surface area contributed by atoms with E-state index in [4.69, 9.17) is 0 Å². The molecule has 2 saturated carbocycles. The Kier molecular flexibility index (Phi) is 4.98. The fourth-order valence-electron chi connectivity index (χ4n) is 3.74. The van der Waals surface area contributed by atoms with Crippen LogP contribution in [0.2, 0.25) is 0 Å². The topological polar surface area (TPSA) is 32.3 Å². The Morgan fingerprint density at radius 1 is 0.900 bits per heavy atom. The van der Waals surface area contributed by atoms with Gasteiger partial charge in [0.15, 0.2) is 0 Å². The summed E-state index contributed by atoms with van der Waals surface area (Å²) in [4.78, 5) is 14.8. The molecule has 3 rings (SSSR count). The maximum absolute atomic E-state index is 12.6. The minimum absolute atomic E-state index is 0.341. The third-order valence-corrected chi connectivity index (χ3v) is 5.40. The number of nitrogens with zero attached hydrogens (tertiary/aromatic N) is 1. The highest BCUT2D eigenvalue weighted by molar-refractivity contribution is 5.79. The van der Waals surface area contributed by atoms with E-state index in [1.807, 2.05) is 0 Å². The van der Waals surface area contributed by atoms with E-state index in [1.165, 1.54) is 45.1 Å². The fraction of sp³-hybridized carbons (Fsp3) is 0.941. The van der Waals surface area contributed by atoms with E-state index in [-0.39, 0.29) is 0 Å². The van der Waals surface area contributed by atoms with Crippen LogP contribution < -0.4 is 5.32 Å². The van der Waals surface area contributed by atoms with E-state index in [2.05, 4.69) is 10.2 Å². The molecule has 3 nitrogen and oxygen atoms in total. The first kappa shape index (κ1) is 14.4. The van der Waals surface area contributed by atoms with Crippen molar-refractivity contribution in [2.75, 3.05) is 19.6 Å². The summed E-state index contributed by atoms with van der Waals surface area (Å²) in [5, 5.41) is 3.69. The summed E-state index contributed by atoms with van der Waals surface area (Å²) >= 11 is 0. The molecule has 0 unspecified atom stereocenters. The quantitative estimate of drug-likeness (QED) is 0.802. The van der Waals surface area contributed by atoms with Gasteiger partial charge in [0.05, 0.1) is 0 Å². The number of piperidine rings is 1. The first-order chi connectivity index (χ1) is 9.83. The minimum atomic E-state index is 0.341. The average molecular weight is 278 g/mol. The largest absolute Gasteiger partial charge is 0.342 e. The zero-order chi connectivity index (χ0) is 13.8. The normalized spacial score (nSPS) is 26.5. The molecular formula is C17H30N2O. The van der Waals surface area contributed by atoms with Crippen molar-refractivity contribution in [3.8, 4) is 0 Å². The summed E-state index contributed by atoms with van der Waals surface area (Å²) in [5.74, 6) is 1.77. The molecule has 3 fully saturated rings. The number of amides is 1. The van der Waals surface area contributed by atoms with Gasteiger partial charge in [-0.25, -0.2) is 0 Å². The highest BCUT2D eigenvalue weighted by atomic mass is 16.2. The van der Waals surface area contributed by atoms with Crippen LogP contribution in [0.1, 0.15) is 64.2 Å². The molecule has 114 valence electrons. The zero-order valence-electron chi connectivity index (χ0n) is 12.8. The lowest BCUT2D eigenvalue weighted by Gasteiger charge is -2.34. The number of carbonyl (C=O) groups is 1. The third-order valence-electron chi connectivity index (χ3n) is 5.40. The molecule has 0 aromatic rings.